The second-order valence-corrected chi connectivity index (χ2v) is 9.23. The van der Waals surface area contributed by atoms with Gasteiger partial charge in [0.05, 0.1) is 5.69 Å². The molecule has 4 rings (SSSR count). The minimum Gasteiger partial charge on any atom is -0.455 e. The maximum absolute atomic E-state index is 13.5. The molecule has 0 atom stereocenters. The quantitative estimate of drug-likeness (QED) is 0.625. The molecule has 162 valence electrons. The number of sulfonamides is 1. The highest BCUT2D eigenvalue weighted by atomic mass is 32.2. The Morgan fingerprint density at radius 3 is 2.55 bits per heavy atom. The van der Waals surface area contributed by atoms with Crippen LogP contribution in [0.2, 0.25) is 0 Å². The SMILES string of the molecule is Cn1cc(S(=O)(=O)N2CCCC2)cc1C(=O)Nc1ccccc1Oc1cccc(F)c1. The van der Waals surface area contributed by atoms with Crippen molar-refractivity contribution in [3.8, 4) is 11.5 Å². The van der Waals surface area contributed by atoms with E-state index >= 15 is 0 Å². The first kappa shape index (κ1) is 21.1. The first-order valence-electron chi connectivity index (χ1n) is 9.85. The average Bonchev–Trinajstić information content (AvgIpc) is 3.40. The number of carbonyl (C=O) groups excluding carboxylic acids is 1. The summed E-state index contributed by atoms with van der Waals surface area (Å²) in [4.78, 5) is 13.0. The summed E-state index contributed by atoms with van der Waals surface area (Å²) in [6.07, 6.45) is 3.11. The second-order valence-electron chi connectivity index (χ2n) is 7.29. The number of para-hydroxylation sites is 2. The van der Waals surface area contributed by atoms with Gasteiger partial charge in [-0.3, -0.25) is 4.79 Å². The Morgan fingerprint density at radius 1 is 1.06 bits per heavy atom. The topological polar surface area (TPSA) is 80.6 Å². The molecule has 0 radical (unpaired) electrons. The van der Waals surface area contributed by atoms with E-state index < -0.39 is 21.7 Å². The van der Waals surface area contributed by atoms with Crippen LogP contribution in [0.15, 0.2) is 65.7 Å². The molecule has 0 spiro atoms. The number of amides is 1. The van der Waals surface area contributed by atoms with Crippen LogP contribution in [0.1, 0.15) is 23.3 Å². The van der Waals surface area contributed by atoms with Gasteiger partial charge in [-0.25, -0.2) is 12.8 Å². The van der Waals surface area contributed by atoms with E-state index in [0.717, 1.165) is 12.8 Å². The summed E-state index contributed by atoms with van der Waals surface area (Å²) in [7, 11) is -2.01. The molecule has 9 heteroatoms. The fraction of sp³-hybridized carbons (Fsp3) is 0.227. The summed E-state index contributed by atoms with van der Waals surface area (Å²) >= 11 is 0. The number of aryl methyl sites for hydroxylation is 1. The number of nitrogens with one attached hydrogen (secondary N) is 1. The van der Waals surface area contributed by atoms with Gasteiger partial charge in [-0.05, 0) is 43.2 Å². The van der Waals surface area contributed by atoms with Gasteiger partial charge in [-0.15, -0.1) is 0 Å². The number of halogens is 1. The predicted octanol–water partition coefficient (Wildman–Crippen LogP) is 3.99. The van der Waals surface area contributed by atoms with Crippen molar-refractivity contribution in [1.29, 1.82) is 0 Å². The monoisotopic (exact) mass is 443 g/mol. The number of hydrogen-bond donors (Lipinski definition) is 1. The summed E-state index contributed by atoms with van der Waals surface area (Å²) in [5.74, 6) is -0.296. The van der Waals surface area contributed by atoms with Crippen molar-refractivity contribution in [1.82, 2.24) is 8.87 Å². The van der Waals surface area contributed by atoms with E-state index in [0.29, 0.717) is 30.3 Å². The molecule has 0 aliphatic carbocycles. The van der Waals surface area contributed by atoms with Gasteiger partial charge in [-0.1, -0.05) is 18.2 Å². The zero-order valence-electron chi connectivity index (χ0n) is 16.9. The van der Waals surface area contributed by atoms with E-state index in [9.17, 15) is 17.6 Å². The van der Waals surface area contributed by atoms with Crippen molar-refractivity contribution >= 4 is 21.6 Å². The third kappa shape index (κ3) is 4.47. The van der Waals surface area contributed by atoms with Gasteiger partial charge in [0.25, 0.3) is 5.91 Å². The highest BCUT2D eigenvalue weighted by Crippen LogP contribution is 2.30. The minimum absolute atomic E-state index is 0.0892. The number of aromatic nitrogens is 1. The number of carbonyl (C=O) groups is 1. The summed E-state index contributed by atoms with van der Waals surface area (Å²) < 4.78 is 47.7. The summed E-state index contributed by atoms with van der Waals surface area (Å²) in [6.45, 7) is 0.979. The lowest BCUT2D eigenvalue weighted by Gasteiger charge is -2.13. The molecule has 2 aromatic carbocycles. The Bertz CT molecular complexity index is 1220. The number of ether oxygens (including phenoxy) is 1. The number of rotatable bonds is 6. The molecular formula is C22H22FN3O4S. The fourth-order valence-corrected chi connectivity index (χ4v) is 5.07. The molecule has 0 saturated carbocycles. The molecule has 1 aromatic heterocycles. The van der Waals surface area contributed by atoms with Gasteiger partial charge in [0.15, 0.2) is 5.75 Å². The number of benzene rings is 2. The van der Waals surface area contributed by atoms with Gasteiger partial charge in [-0.2, -0.15) is 4.31 Å². The maximum atomic E-state index is 13.5. The lowest BCUT2D eigenvalue weighted by Crippen LogP contribution is -2.27. The van der Waals surface area contributed by atoms with Crippen molar-refractivity contribution in [2.45, 2.75) is 17.7 Å². The lowest BCUT2D eigenvalue weighted by molar-refractivity contribution is 0.101. The first-order valence-corrected chi connectivity index (χ1v) is 11.3. The van der Waals surface area contributed by atoms with E-state index in [1.54, 1.807) is 37.4 Å². The largest absolute Gasteiger partial charge is 0.455 e. The molecule has 1 N–H and O–H groups in total. The van der Waals surface area contributed by atoms with Crippen molar-refractivity contribution in [2.24, 2.45) is 7.05 Å². The highest BCUT2D eigenvalue weighted by Gasteiger charge is 2.29. The van der Waals surface area contributed by atoms with Crippen LogP contribution in [-0.2, 0) is 17.1 Å². The Morgan fingerprint density at radius 2 is 1.81 bits per heavy atom. The maximum Gasteiger partial charge on any atom is 0.272 e. The summed E-state index contributed by atoms with van der Waals surface area (Å²) in [5, 5.41) is 2.75. The van der Waals surface area contributed by atoms with Crippen molar-refractivity contribution < 1.29 is 22.3 Å². The molecule has 0 bridgehead atoms. The highest BCUT2D eigenvalue weighted by molar-refractivity contribution is 7.89. The molecule has 1 aliphatic rings. The van der Waals surface area contributed by atoms with Crippen LogP contribution in [0, 0.1) is 5.82 Å². The normalized spacial score (nSPS) is 14.5. The van der Waals surface area contributed by atoms with Crippen LogP contribution in [0.4, 0.5) is 10.1 Å². The third-order valence-electron chi connectivity index (χ3n) is 5.07. The van der Waals surface area contributed by atoms with Crippen LogP contribution in [0.5, 0.6) is 11.5 Å². The summed E-state index contributed by atoms with van der Waals surface area (Å²) in [5.41, 5.74) is 0.570. The number of anilines is 1. The molecule has 1 amide bonds. The molecule has 3 aromatic rings. The predicted molar refractivity (Wildman–Crippen MR) is 114 cm³/mol. The number of hydrogen-bond acceptors (Lipinski definition) is 4. The second kappa shape index (κ2) is 8.52. The molecule has 1 aliphatic heterocycles. The zero-order chi connectivity index (χ0) is 22.0. The average molecular weight is 444 g/mol. The Labute approximate surface area is 180 Å². The van der Waals surface area contributed by atoms with Crippen molar-refractivity contribution in [3.05, 3.63) is 72.3 Å². The van der Waals surface area contributed by atoms with Gasteiger partial charge in [0.2, 0.25) is 10.0 Å². The van der Waals surface area contributed by atoms with Crippen molar-refractivity contribution in [3.63, 3.8) is 0 Å². The molecule has 1 fully saturated rings. The zero-order valence-corrected chi connectivity index (χ0v) is 17.7. The molecule has 1 saturated heterocycles. The summed E-state index contributed by atoms with van der Waals surface area (Å²) in [6, 6.07) is 13.8. The Balaban J connectivity index is 1.56. The van der Waals surface area contributed by atoms with Gasteiger partial charge in [0.1, 0.15) is 22.2 Å². The molecule has 0 unspecified atom stereocenters. The van der Waals surface area contributed by atoms with Crippen molar-refractivity contribution in [2.75, 3.05) is 18.4 Å². The van der Waals surface area contributed by atoms with Crippen LogP contribution in [0.3, 0.4) is 0 Å². The standard InChI is InChI=1S/C22H22FN3O4S/c1-25-15-18(31(28,29)26-11-4-5-12-26)14-20(25)22(27)24-19-9-2-3-10-21(19)30-17-8-6-7-16(23)13-17/h2-3,6-10,13-15H,4-5,11-12H2,1H3,(H,24,27). The van der Waals surface area contributed by atoms with E-state index in [-0.39, 0.29) is 10.6 Å². The molecule has 2 heterocycles. The van der Waals surface area contributed by atoms with E-state index in [1.165, 1.54) is 39.3 Å². The third-order valence-corrected chi connectivity index (χ3v) is 6.94. The van der Waals surface area contributed by atoms with Crippen LogP contribution in [-0.4, -0.2) is 36.3 Å². The van der Waals surface area contributed by atoms with Gasteiger partial charge < -0.3 is 14.6 Å². The minimum atomic E-state index is -3.63. The Kier molecular flexibility index (Phi) is 5.79. The van der Waals surface area contributed by atoms with Crippen LogP contribution < -0.4 is 10.1 Å². The molecule has 31 heavy (non-hydrogen) atoms. The number of nitrogens with zero attached hydrogens (tertiary/aromatic N) is 2. The van der Waals surface area contributed by atoms with E-state index in [1.807, 2.05) is 0 Å². The van der Waals surface area contributed by atoms with Crippen LogP contribution in [0.25, 0.3) is 0 Å². The van der Waals surface area contributed by atoms with E-state index in [2.05, 4.69) is 5.32 Å². The Hall–Kier alpha value is -3.17. The fourth-order valence-electron chi connectivity index (χ4n) is 3.48. The lowest BCUT2D eigenvalue weighted by atomic mass is 10.2. The first-order chi connectivity index (χ1) is 14.8. The molecule has 7 nitrogen and oxygen atoms in total. The van der Waals surface area contributed by atoms with Gasteiger partial charge in [0, 0.05) is 32.4 Å². The van der Waals surface area contributed by atoms with Gasteiger partial charge >= 0.3 is 0 Å². The van der Waals surface area contributed by atoms with Crippen LogP contribution >= 0.6 is 0 Å². The van der Waals surface area contributed by atoms with E-state index in [4.69, 9.17) is 4.74 Å². The molecular weight excluding hydrogens is 421 g/mol. The smallest absolute Gasteiger partial charge is 0.272 e.